The van der Waals surface area contributed by atoms with Crippen LogP contribution in [0.25, 0.3) is 0 Å². The van der Waals surface area contributed by atoms with Gasteiger partial charge in [-0.25, -0.2) is 4.79 Å². The molecule has 1 aromatic heterocycles. The third-order valence-corrected chi connectivity index (χ3v) is 2.74. The molecule has 100 valence electrons. The molecule has 0 radical (unpaired) electrons. The molecular weight excluding hydrogens is 244 g/mol. The highest BCUT2D eigenvalue weighted by Crippen LogP contribution is 2.25. The van der Waals surface area contributed by atoms with Gasteiger partial charge in [0.05, 0.1) is 6.61 Å². The number of hydrogen-bond donors (Lipinski definition) is 0. The fourth-order valence-electron chi connectivity index (χ4n) is 1.76. The molecule has 0 saturated carbocycles. The van der Waals surface area contributed by atoms with Crippen molar-refractivity contribution in [3.8, 4) is 0 Å². The normalized spacial score (nSPS) is 10.3. The fraction of sp³-hybridized carbons (Fsp3) is 0.286. The van der Waals surface area contributed by atoms with Crippen molar-refractivity contribution in [2.75, 3.05) is 18.6 Å². The number of carbonyl (C=O) groups excluding carboxylic acids is 1. The largest absolute Gasteiger partial charge is 0.461 e. The summed E-state index contributed by atoms with van der Waals surface area (Å²) in [5.74, 6) is -0.476. The van der Waals surface area contributed by atoms with Gasteiger partial charge in [0, 0.05) is 12.7 Å². The molecule has 0 aliphatic rings. The molecule has 5 heteroatoms. The number of esters is 1. The first kappa shape index (κ1) is 13.1. The zero-order valence-corrected chi connectivity index (χ0v) is 11.2. The second-order valence-corrected chi connectivity index (χ2v) is 4.08. The van der Waals surface area contributed by atoms with Crippen LogP contribution in [0.5, 0.6) is 0 Å². The Morgan fingerprint density at radius 2 is 2.16 bits per heavy atom. The van der Waals surface area contributed by atoms with Crippen LogP contribution in [0.15, 0.2) is 34.9 Å². The predicted octanol–water partition coefficient (Wildman–Crippen LogP) is 2.93. The van der Waals surface area contributed by atoms with E-state index in [1.165, 1.54) is 6.26 Å². The topological polar surface area (TPSA) is 55.6 Å². The Bertz CT molecular complexity index is 578. The Morgan fingerprint density at radius 1 is 1.42 bits per heavy atom. The smallest absolute Gasteiger partial charge is 0.360 e. The minimum Gasteiger partial charge on any atom is -0.461 e. The third-order valence-electron chi connectivity index (χ3n) is 2.74. The van der Waals surface area contributed by atoms with Crippen LogP contribution in [0.4, 0.5) is 11.7 Å². The molecule has 2 rings (SSSR count). The van der Waals surface area contributed by atoms with Gasteiger partial charge in [-0.2, -0.15) is 4.98 Å². The van der Waals surface area contributed by atoms with Gasteiger partial charge in [0.2, 0.25) is 0 Å². The zero-order chi connectivity index (χ0) is 13.8. The molecule has 2 aromatic rings. The number of hydrogen-bond acceptors (Lipinski definition) is 5. The lowest BCUT2D eigenvalue weighted by molar-refractivity contribution is 0.0519. The standard InChI is InChI=1S/C14H16N2O3/c1-4-18-13(17)11-9-19-14(15-11)16(3)12-8-6-5-7-10(12)2/h5-9H,4H2,1-3H3. The Morgan fingerprint density at radius 3 is 2.84 bits per heavy atom. The van der Waals surface area contributed by atoms with Gasteiger partial charge >= 0.3 is 12.0 Å². The molecule has 1 aromatic carbocycles. The first-order valence-corrected chi connectivity index (χ1v) is 6.05. The van der Waals surface area contributed by atoms with E-state index in [0.717, 1.165) is 11.3 Å². The van der Waals surface area contributed by atoms with E-state index < -0.39 is 5.97 Å². The van der Waals surface area contributed by atoms with E-state index in [0.29, 0.717) is 12.6 Å². The molecule has 0 fully saturated rings. The van der Waals surface area contributed by atoms with Crippen LogP contribution in [-0.2, 0) is 4.74 Å². The summed E-state index contributed by atoms with van der Waals surface area (Å²) < 4.78 is 10.2. The molecule has 0 spiro atoms. The number of aromatic nitrogens is 1. The van der Waals surface area contributed by atoms with Gasteiger partial charge < -0.3 is 9.15 Å². The Labute approximate surface area is 111 Å². The van der Waals surface area contributed by atoms with Crippen LogP contribution in [0.3, 0.4) is 0 Å². The predicted molar refractivity (Wildman–Crippen MR) is 71.7 cm³/mol. The number of carbonyl (C=O) groups is 1. The van der Waals surface area contributed by atoms with E-state index >= 15 is 0 Å². The average Bonchev–Trinajstić information content (AvgIpc) is 2.88. The molecule has 1 heterocycles. The molecule has 0 unspecified atom stereocenters. The highest BCUT2D eigenvalue weighted by molar-refractivity contribution is 5.87. The van der Waals surface area contributed by atoms with E-state index in [2.05, 4.69) is 4.98 Å². The average molecular weight is 260 g/mol. The van der Waals surface area contributed by atoms with Crippen molar-refractivity contribution in [3.05, 3.63) is 41.8 Å². The van der Waals surface area contributed by atoms with Gasteiger partial charge in [-0.15, -0.1) is 0 Å². The van der Waals surface area contributed by atoms with Gasteiger partial charge in [0.15, 0.2) is 5.69 Å². The van der Waals surface area contributed by atoms with E-state index in [-0.39, 0.29) is 5.69 Å². The maximum atomic E-state index is 11.5. The molecule has 0 atom stereocenters. The van der Waals surface area contributed by atoms with Crippen molar-refractivity contribution in [3.63, 3.8) is 0 Å². The zero-order valence-electron chi connectivity index (χ0n) is 11.2. The van der Waals surface area contributed by atoms with E-state index in [4.69, 9.17) is 9.15 Å². The molecule has 0 aliphatic carbocycles. The molecule has 0 amide bonds. The molecule has 0 bridgehead atoms. The van der Waals surface area contributed by atoms with E-state index in [1.54, 1.807) is 11.8 Å². The van der Waals surface area contributed by atoms with Crippen LogP contribution in [0.2, 0.25) is 0 Å². The van der Waals surface area contributed by atoms with Gasteiger partial charge in [-0.1, -0.05) is 18.2 Å². The number of rotatable bonds is 4. The fourth-order valence-corrected chi connectivity index (χ4v) is 1.76. The van der Waals surface area contributed by atoms with Gasteiger partial charge in [-0.3, -0.25) is 4.90 Å². The number of anilines is 2. The summed E-state index contributed by atoms with van der Waals surface area (Å²) in [5.41, 5.74) is 2.25. The Balaban J connectivity index is 2.23. The summed E-state index contributed by atoms with van der Waals surface area (Å²) in [5, 5.41) is 0. The van der Waals surface area contributed by atoms with Crippen LogP contribution >= 0.6 is 0 Å². The number of para-hydroxylation sites is 1. The number of nitrogens with zero attached hydrogens (tertiary/aromatic N) is 2. The maximum Gasteiger partial charge on any atom is 0.360 e. The molecule has 0 aliphatic heterocycles. The van der Waals surface area contributed by atoms with Gasteiger partial charge in [0.1, 0.15) is 6.26 Å². The Kier molecular flexibility index (Phi) is 3.85. The van der Waals surface area contributed by atoms with Crippen molar-refractivity contribution in [1.82, 2.24) is 4.98 Å². The van der Waals surface area contributed by atoms with Crippen LogP contribution in [-0.4, -0.2) is 24.6 Å². The summed E-state index contributed by atoms with van der Waals surface area (Å²) in [7, 11) is 1.84. The number of benzene rings is 1. The SMILES string of the molecule is CCOC(=O)c1coc(N(C)c2ccccc2C)n1. The first-order chi connectivity index (χ1) is 9.13. The van der Waals surface area contributed by atoms with Crippen molar-refractivity contribution in [2.24, 2.45) is 0 Å². The quantitative estimate of drug-likeness (QED) is 0.791. The second kappa shape index (κ2) is 5.56. The second-order valence-electron chi connectivity index (χ2n) is 4.08. The van der Waals surface area contributed by atoms with Crippen molar-refractivity contribution < 1.29 is 13.9 Å². The summed E-state index contributed by atoms with van der Waals surface area (Å²) >= 11 is 0. The minimum absolute atomic E-state index is 0.178. The number of aryl methyl sites for hydroxylation is 1. The molecular formula is C14H16N2O3. The number of ether oxygens (including phenoxy) is 1. The number of oxazole rings is 1. The lowest BCUT2D eigenvalue weighted by Crippen LogP contribution is -2.12. The van der Waals surface area contributed by atoms with Crippen molar-refractivity contribution in [1.29, 1.82) is 0 Å². The molecule has 19 heavy (non-hydrogen) atoms. The van der Waals surface area contributed by atoms with E-state index in [1.807, 2.05) is 38.2 Å². The first-order valence-electron chi connectivity index (χ1n) is 6.05. The van der Waals surface area contributed by atoms with Crippen LogP contribution in [0, 0.1) is 6.92 Å². The van der Waals surface area contributed by atoms with Crippen molar-refractivity contribution in [2.45, 2.75) is 13.8 Å². The van der Waals surface area contributed by atoms with Gasteiger partial charge in [-0.05, 0) is 25.5 Å². The Hall–Kier alpha value is -2.30. The summed E-state index contributed by atoms with van der Waals surface area (Å²) in [6.07, 6.45) is 1.31. The highest BCUT2D eigenvalue weighted by Gasteiger charge is 2.17. The van der Waals surface area contributed by atoms with E-state index in [9.17, 15) is 4.79 Å². The summed E-state index contributed by atoms with van der Waals surface area (Å²) in [4.78, 5) is 17.4. The highest BCUT2D eigenvalue weighted by atomic mass is 16.5. The summed E-state index contributed by atoms with van der Waals surface area (Å²) in [6.45, 7) is 4.06. The monoisotopic (exact) mass is 260 g/mol. The molecule has 0 N–H and O–H groups in total. The molecule has 0 saturated heterocycles. The van der Waals surface area contributed by atoms with Crippen molar-refractivity contribution >= 4 is 17.7 Å². The lowest BCUT2D eigenvalue weighted by Gasteiger charge is -2.16. The minimum atomic E-state index is -0.476. The summed E-state index contributed by atoms with van der Waals surface area (Å²) in [6, 6.07) is 8.22. The third kappa shape index (κ3) is 2.76. The molecule has 5 nitrogen and oxygen atoms in total. The van der Waals surface area contributed by atoms with Crippen LogP contribution < -0.4 is 4.90 Å². The maximum absolute atomic E-state index is 11.5. The van der Waals surface area contributed by atoms with Crippen LogP contribution in [0.1, 0.15) is 23.0 Å². The lowest BCUT2D eigenvalue weighted by atomic mass is 10.2. The van der Waals surface area contributed by atoms with Gasteiger partial charge in [0.25, 0.3) is 0 Å².